The number of fused-ring (bicyclic) bond motifs is 1. The highest BCUT2D eigenvalue weighted by Crippen LogP contribution is 2.54. The Morgan fingerprint density at radius 3 is 1.61 bits per heavy atom. The summed E-state index contributed by atoms with van der Waals surface area (Å²) in [5, 5.41) is 0. The van der Waals surface area contributed by atoms with E-state index >= 15 is 0 Å². The number of rotatable bonds is 14. The third-order valence-corrected chi connectivity index (χ3v) is 8.44. The molecular formula is C44H36O10. The number of hydrogen-bond donors (Lipinski definition) is 0. The summed E-state index contributed by atoms with van der Waals surface area (Å²) < 4.78 is 48.9. The lowest BCUT2D eigenvalue weighted by molar-refractivity contribution is 0.0473. The molecule has 1 heterocycles. The number of carbonyl (C=O) groups excluding carboxylic acids is 2. The molecule has 0 aromatic heterocycles. The van der Waals surface area contributed by atoms with Crippen LogP contribution in [-0.2, 0) is 29.3 Å². The van der Waals surface area contributed by atoms with Gasteiger partial charge in [0.05, 0.1) is 19.8 Å². The van der Waals surface area contributed by atoms with Gasteiger partial charge in [-0.25, -0.2) is 9.59 Å². The SMILES string of the molecule is COC(=O)c1cc(Oc2c(C(=O)OC)cc(OCc3ccccc3)c(OCc3ccccc3)c2OCc2ccccc2)c2c(c1)OC(c1ccccc1)O2. The zero-order chi connectivity index (χ0) is 37.3. The molecule has 6 aromatic rings. The number of methoxy groups -OCH3 is 2. The molecular weight excluding hydrogens is 688 g/mol. The van der Waals surface area contributed by atoms with E-state index in [2.05, 4.69) is 0 Å². The second-order valence-corrected chi connectivity index (χ2v) is 12.1. The van der Waals surface area contributed by atoms with Crippen LogP contribution < -0.4 is 28.4 Å². The molecule has 1 aliphatic heterocycles. The van der Waals surface area contributed by atoms with Crippen LogP contribution in [0.3, 0.4) is 0 Å². The first-order valence-corrected chi connectivity index (χ1v) is 17.1. The Morgan fingerprint density at radius 2 is 1.06 bits per heavy atom. The normalized spacial score (nSPS) is 12.7. The molecule has 272 valence electrons. The maximum absolute atomic E-state index is 13.7. The van der Waals surface area contributed by atoms with E-state index < -0.39 is 18.2 Å². The molecule has 0 aliphatic carbocycles. The van der Waals surface area contributed by atoms with E-state index in [4.69, 9.17) is 37.9 Å². The molecule has 1 atom stereocenters. The molecule has 10 heteroatoms. The van der Waals surface area contributed by atoms with Gasteiger partial charge in [-0.3, -0.25) is 0 Å². The highest BCUT2D eigenvalue weighted by atomic mass is 16.7. The fourth-order valence-corrected chi connectivity index (χ4v) is 5.73. The monoisotopic (exact) mass is 724 g/mol. The lowest BCUT2D eigenvalue weighted by Gasteiger charge is -2.22. The van der Waals surface area contributed by atoms with Crippen molar-refractivity contribution in [1.29, 1.82) is 0 Å². The summed E-state index contributed by atoms with van der Waals surface area (Å²) in [5.41, 5.74) is 3.42. The van der Waals surface area contributed by atoms with Gasteiger partial charge < -0.3 is 37.9 Å². The van der Waals surface area contributed by atoms with Crippen molar-refractivity contribution in [1.82, 2.24) is 0 Å². The van der Waals surface area contributed by atoms with E-state index in [0.717, 1.165) is 22.3 Å². The van der Waals surface area contributed by atoms with Gasteiger partial charge in [0.2, 0.25) is 17.2 Å². The molecule has 1 aliphatic rings. The highest BCUT2D eigenvalue weighted by molar-refractivity contribution is 5.96. The minimum atomic E-state index is -0.844. The van der Waals surface area contributed by atoms with Crippen molar-refractivity contribution in [3.8, 4) is 40.2 Å². The van der Waals surface area contributed by atoms with E-state index in [0.29, 0.717) is 0 Å². The number of benzene rings is 6. The maximum Gasteiger partial charge on any atom is 0.341 e. The first kappa shape index (κ1) is 35.5. The van der Waals surface area contributed by atoms with Crippen molar-refractivity contribution < 1.29 is 47.5 Å². The largest absolute Gasteiger partial charge is 0.485 e. The van der Waals surface area contributed by atoms with E-state index in [9.17, 15) is 9.59 Å². The highest BCUT2D eigenvalue weighted by Gasteiger charge is 2.34. The van der Waals surface area contributed by atoms with Crippen molar-refractivity contribution in [3.63, 3.8) is 0 Å². The zero-order valence-corrected chi connectivity index (χ0v) is 29.6. The Bertz CT molecular complexity index is 2210. The topological polar surface area (TPSA) is 108 Å². The van der Waals surface area contributed by atoms with E-state index in [1.54, 1.807) is 0 Å². The number of esters is 2. The van der Waals surface area contributed by atoms with Crippen LogP contribution in [-0.4, -0.2) is 26.2 Å². The molecule has 0 saturated heterocycles. The summed E-state index contributed by atoms with van der Waals surface area (Å²) in [5.74, 6) is -0.535. The first-order chi connectivity index (χ1) is 26.5. The molecule has 6 aromatic carbocycles. The summed E-state index contributed by atoms with van der Waals surface area (Å²) in [6, 6.07) is 42.4. The second kappa shape index (κ2) is 16.6. The standard InChI is InChI=1S/C44H36O10/c1-47-42(45)33-23-36(39-37(24-33)53-44(54-39)32-21-13-6-14-22-32)52-38-34(43(46)48-2)25-35(49-26-29-15-7-3-8-16-29)40(50-27-30-17-9-4-10-18-30)41(38)51-28-31-19-11-5-12-20-31/h3-25,44H,26-28H2,1-2H3. The zero-order valence-electron chi connectivity index (χ0n) is 29.6. The van der Waals surface area contributed by atoms with Crippen molar-refractivity contribution >= 4 is 11.9 Å². The Labute approximate surface area is 312 Å². The van der Waals surface area contributed by atoms with E-state index in [1.165, 1.54) is 32.4 Å². The molecule has 0 N–H and O–H groups in total. The molecule has 10 nitrogen and oxygen atoms in total. The summed E-state index contributed by atoms with van der Waals surface area (Å²) in [6.07, 6.45) is -0.844. The van der Waals surface area contributed by atoms with Crippen LogP contribution in [0, 0.1) is 0 Å². The molecule has 0 spiro atoms. The molecule has 1 unspecified atom stereocenters. The molecule has 0 fully saturated rings. The summed E-state index contributed by atoms with van der Waals surface area (Å²) in [7, 11) is 2.54. The van der Waals surface area contributed by atoms with Gasteiger partial charge in [0.15, 0.2) is 23.0 Å². The van der Waals surface area contributed by atoms with Crippen molar-refractivity contribution in [2.75, 3.05) is 14.2 Å². The average Bonchev–Trinajstić information content (AvgIpc) is 3.67. The lowest BCUT2D eigenvalue weighted by Crippen LogP contribution is -2.11. The summed E-state index contributed by atoms with van der Waals surface area (Å²) in [6.45, 7) is 0.351. The van der Waals surface area contributed by atoms with Crippen molar-refractivity contribution in [2.24, 2.45) is 0 Å². The van der Waals surface area contributed by atoms with Gasteiger partial charge in [-0.2, -0.15) is 0 Å². The van der Waals surface area contributed by atoms with Crippen LogP contribution in [0.15, 0.2) is 140 Å². The van der Waals surface area contributed by atoms with Gasteiger partial charge >= 0.3 is 11.9 Å². The van der Waals surface area contributed by atoms with Crippen LogP contribution in [0.25, 0.3) is 0 Å². The third kappa shape index (κ3) is 8.08. The molecule has 0 amide bonds. The van der Waals surface area contributed by atoms with Crippen LogP contribution in [0.5, 0.6) is 40.2 Å². The van der Waals surface area contributed by atoms with Crippen molar-refractivity contribution in [2.45, 2.75) is 26.1 Å². The Hall–Kier alpha value is -6.94. The quantitative estimate of drug-likeness (QED) is 0.101. The van der Waals surface area contributed by atoms with Gasteiger partial charge in [-0.05, 0) is 28.8 Å². The van der Waals surface area contributed by atoms with E-state index in [1.807, 2.05) is 121 Å². The minimum absolute atomic E-state index is 0.0357. The summed E-state index contributed by atoms with van der Waals surface area (Å²) in [4.78, 5) is 26.6. The van der Waals surface area contributed by atoms with Gasteiger partial charge in [-0.15, -0.1) is 0 Å². The van der Waals surface area contributed by atoms with Crippen LogP contribution in [0.1, 0.15) is 49.3 Å². The molecule has 7 rings (SSSR count). The van der Waals surface area contributed by atoms with Crippen LogP contribution in [0.2, 0.25) is 0 Å². The second-order valence-electron chi connectivity index (χ2n) is 12.1. The molecule has 54 heavy (non-hydrogen) atoms. The Kier molecular flexibility index (Phi) is 10.9. The number of ether oxygens (including phenoxy) is 8. The van der Waals surface area contributed by atoms with Gasteiger partial charge in [0, 0.05) is 11.6 Å². The van der Waals surface area contributed by atoms with Crippen LogP contribution in [0.4, 0.5) is 0 Å². The third-order valence-electron chi connectivity index (χ3n) is 8.44. The number of hydrogen-bond acceptors (Lipinski definition) is 10. The van der Waals surface area contributed by atoms with Crippen LogP contribution >= 0.6 is 0 Å². The van der Waals surface area contributed by atoms with Gasteiger partial charge in [0.1, 0.15) is 25.4 Å². The smallest absolute Gasteiger partial charge is 0.341 e. The van der Waals surface area contributed by atoms with E-state index in [-0.39, 0.29) is 71.2 Å². The van der Waals surface area contributed by atoms with Gasteiger partial charge in [-0.1, -0.05) is 121 Å². The predicted octanol–water partition coefficient (Wildman–Crippen LogP) is 9.26. The van der Waals surface area contributed by atoms with Crippen molar-refractivity contribution in [3.05, 3.63) is 173 Å². The minimum Gasteiger partial charge on any atom is -0.485 e. The fourth-order valence-electron chi connectivity index (χ4n) is 5.73. The molecule has 0 saturated carbocycles. The molecule has 0 radical (unpaired) electrons. The Morgan fingerprint density at radius 1 is 0.537 bits per heavy atom. The first-order valence-electron chi connectivity index (χ1n) is 17.1. The number of carbonyl (C=O) groups is 2. The lowest BCUT2D eigenvalue weighted by atomic mass is 10.1. The predicted molar refractivity (Wildman–Crippen MR) is 198 cm³/mol. The molecule has 0 bridgehead atoms. The summed E-state index contributed by atoms with van der Waals surface area (Å²) >= 11 is 0. The average molecular weight is 725 g/mol. The maximum atomic E-state index is 13.7. The van der Waals surface area contributed by atoms with Gasteiger partial charge in [0.25, 0.3) is 6.29 Å². The fraction of sp³-hybridized carbons (Fsp3) is 0.136. The Balaban J connectivity index is 1.39.